The third kappa shape index (κ3) is 3.81. The van der Waals surface area contributed by atoms with E-state index in [2.05, 4.69) is 15.9 Å². The maximum atomic E-state index is 13.0. The molecule has 0 saturated carbocycles. The van der Waals surface area contributed by atoms with Gasteiger partial charge in [0.1, 0.15) is 0 Å². The fourth-order valence-electron chi connectivity index (χ4n) is 3.05. The molecule has 0 aliphatic carbocycles. The van der Waals surface area contributed by atoms with Crippen LogP contribution >= 0.6 is 15.9 Å². The van der Waals surface area contributed by atoms with E-state index in [1.165, 1.54) is 22.5 Å². The van der Waals surface area contributed by atoms with Crippen molar-refractivity contribution in [1.29, 1.82) is 0 Å². The molecule has 1 atom stereocenters. The molecule has 3 rings (SSSR count). The molecule has 0 amide bonds. The molecule has 1 heterocycles. The normalized spacial score (nSPS) is 19.2. The molecule has 2 aromatic carbocycles. The first-order chi connectivity index (χ1) is 11.8. The van der Waals surface area contributed by atoms with E-state index in [9.17, 15) is 16.8 Å². The monoisotopic (exact) mass is 443 g/mol. The van der Waals surface area contributed by atoms with E-state index in [0.717, 1.165) is 0 Å². The third-order valence-electron chi connectivity index (χ3n) is 4.26. The summed E-state index contributed by atoms with van der Waals surface area (Å²) in [6.45, 7) is 0.332. The van der Waals surface area contributed by atoms with Crippen LogP contribution in [0.3, 0.4) is 0 Å². The minimum Gasteiger partial charge on any atom is -0.224 e. The standard InChI is InChI=1S/C17H18BrNO4S2/c18-16-10-4-5-11-17(16)25(22,23)19-12-6-7-14(19)13-24(20,21)15-8-2-1-3-9-15/h1-5,8-11,14H,6-7,12-13H2/t14-/m1/s1. The Hall–Kier alpha value is -1.22. The van der Waals surface area contributed by atoms with Crippen molar-refractivity contribution < 1.29 is 16.8 Å². The van der Waals surface area contributed by atoms with Crippen LogP contribution in [0.5, 0.6) is 0 Å². The predicted molar refractivity (Wildman–Crippen MR) is 99.6 cm³/mol. The highest BCUT2D eigenvalue weighted by atomic mass is 79.9. The molecule has 2 aromatic rings. The Bertz CT molecular complexity index is 959. The van der Waals surface area contributed by atoms with Gasteiger partial charge in [0.25, 0.3) is 0 Å². The van der Waals surface area contributed by atoms with Crippen LogP contribution in [0.4, 0.5) is 0 Å². The predicted octanol–water partition coefficient (Wildman–Crippen LogP) is 3.08. The van der Waals surface area contributed by atoms with Crippen molar-refractivity contribution in [3.05, 3.63) is 59.1 Å². The minimum atomic E-state index is -3.75. The van der Waals surface area contributed by atoms with Gasteiger partial charge in [0.05, 0.1) is 15.5 Å². The number of hydrogen-bond donors (Lipinski definition) is 0. The average Bonchev–Trinajstić information content (AvgIpc) is 3.04. The second-order valence-corrected chi connectivity index (χ2v) is 10.7. The first kappa shape index (κ1) is 18.6. The van der Waals surface area contributed by atoms with E-state index in [-0.39, 0.29) is 15.5 Å². The topological polar surface area (TPSA) is 71.5 Å². The third-order valence-corrected chi connectivity index (χ3v) is 9.04. The zero-order valence-electron chi connectivity index (χ0n) is 13.4. The maximum absolute atomic E-state index is 13.0. The first-order valence-corrected chi connectivity index (χ1v) is 11.7. The highest BCUT2D eigenvalue weighted by Gasteiger charge is 2.38. The molecule has 1 aliphatic heterocycles. The summed E-state index contributed by atoms with van der Waals surface area (Å²) in [5.74, 6) is -0.208. The van der Waals surface area contributed by atoms with Gasteiger partial charge in [-0.3, -0.25) is 0 Å². The van der Waals surface area contributed by atoms with Crippen molar-refractivity contribution in [1.82, 2.24) is 4.31 Å². The second kappa shape index (κ2) is 7.19. The van der Waals surface area contributed by atoms with Crippen molar-refractivity contribution in [3.63, 3.8) is 0 Å². The van der Waals surface area contributed by atoms with Gasteiger partial charge in [-0.25, -0.2) is 16.8 Å². The summed E-state index contributed by atoms with van der Waals surface area (Å²) in [6.07, 6.45) is 1.19. The zero-order valence-corrected chi connectivity index (χ0v) is 16.6. The van der Waals surface area contributed by atoms with Gasteiger partial charge in [0.15, 0.2) is 9.84 Å². The summed E-state index contributed by atoms with van der Waals surface area (Å²) >= 11 is 3.27. The SMILES string of the molecule is O=S(=O)(C[C@H]1CCCN1S(=O)(=O)c1ccccc1Br)c1ccccc1. The first-order valence-electron chi connectivity index (χ1n) is 7.86. The van der Waals surface area contributed by atoms with E-state index in [1.54, 1.807) is 36.4 Å². The van der Waals surface area contributed by atoms with Crippen molar-refractivity contribution in [2.24, 2.45) is 0 Å². The Morgan fingerprint density at radius 2 is 1.60 bits per heavy atom. The van der Waals surface area contributed by atoms with Gasteiger partial charge < -0.3 is 0 Å². The van der Waals surface area contributed by atoms with Gasteiger partial charge in [-0.15, -0.1) is 0 Å². The van der Waals surface area contributed by atoms with E-state index in [0.29, 0.717) is 23.9 Å². The lowest BCUT2D eigenvalue weighted by molar-refractivity contribution is 0.407. The summed E-state index contributed by atoms with van der Waals surface area (Å²) in [4.78, 5) is 0.388. The molecule has 134 valence electrons. The highest BCUT2D eigenvalue weighted by molar-refractivity contribution is 9.10. The fourth-order valence-corrected chi connectivity index (χ4v) is 7.42. The van der Waals surface area contributed by atoms with Crippen molar-refractivity contribution >= 4 is 35.8 Å². The minimum absolute atomic E-state index is 0.166. The number of benzene rings is 2. The van der Waals surface area contributed by atoms with Gasteiger partial charge in [0.2, 0.25) is 10.0 Å². The molecule has 1 saturated heterocycles. The molecule has 0 unspecified atom stereocenters. The summed E-state index contributed by atoms with van der Waals surface area (Å²) in [7, 11) is -7.30. The lowest BCUT2D eigenvalue weighted by Gasteiger charge is -2.24. The van der Waals surface area contributed by atoms with Crippen LogP contribution in [0.2, 0.25) is 0 Å². The van der Waals surface area contributed by atoms with Crippen LogP contribution in [0.15, 0.2) is 68.9 Å². The molecule has 0 spiro atoms. The van der Waals surface area contributed by atoms with Crippen LogP contribution in [0.1, 0.15) is 12.8 Å². The Kier molecular flexibility index (Phi) is 5.34. The van der Waals surface area contributed by atoms with Gasteiger partial charge >= 0.3 is 0 Å². The van der Waals surface area contributed by atoms with Crippen LogP contribution in [-0.2, 0) is 19.9 Å². The number of nitrogens with zero attached hydrogens (tertiary/aromatic N) is 1. The average molecular weight is 444 g/mol. The van der Waals surface area contributed by atoms with E-state index < -0.39 is 25.9 Å². The molecular formula is C17H18BrNO4S2. The molecule has 8 heteroatoms. The smallest absolute Gasteiger partial charge is 0.224 e. The lowest BCUT2D eigenvalue weighted by atomic mass is 10.3. The summed E-state index contributed by atoms with van der Waals surface area (Å²) in [5, 5.41) is 0. The number of sulfone groups is 1. The second-order valence-electron chi connectivity index (χ2n) is 5.94. The number of hydrogen-bond acceptors (Lipinski definition) is 4. The summed E-state index contributed by atoms with van der Waals surface area (Å²) < 4.78 is 53.1. The molecular weight excluding hydrogens is 426 g/mol. The Balaban J connectivity index is 1.90. The number of halogens is 1. The quantitative estimate of drug-likeness (QED) is 0.711. The van der Waals surface area contributed by atoms with Crippen molar-refractivity contribution in [2.45, 2.75) is 28.7 Å². The van der Waals surface area contributed by atoms with Crippen LogP contribution in [0.25, 0.3) is 0 Å². The van der Waals surface area contributed by atoms with E-state index in [1.807, 2.05) is 0 Å². The molecule has 0 radical (unpaired) electrons. The van der Waals surface area contributed by atoms with Gasteiger partial charge in [0, 0.05) is 17.1 Å². The number of rotatable bonds is 5. The lowest BCUT2D eigenvalue weighted by Crippen LogP contribution is -2.39. The Morgan fingerprint density at radius 1 is 0.960 bits per heavy atom. The molecule has 25 heavy (non-hydrogen) atoms. The molecule has 1 fully saturated rings. The van der Waals surface area contributed by atoms with Gasteiger partial charge in [-0.1, -0.05) is 30.3 Å². The number of sulfonamides is 1. The van der Waals surface area contributed by atoms with Crippen molar-refractivity contribution in [3.8, 4) is 0 Å². The highest BCUT2D eigenvalue weighted by Crippen LogP contribution is 2.31. The van der Waals surface area contributed by atoms with Crippen LogP contribution in [-0.4, -0.2) is 39.5 Å². The molecule has 0 bridgehead atoms. The van der Waals surface area contributed by atoms with Gasteiger partial charge in [-0.05, 0) is 53.0 Å². The van der Waals surface area contributed by atoms with Crippen LogP contribution in [0, 0.1) is 0 Å². The molecule has 1 aliphatic rings. The Morgan fingerprint density at radius 3 is 2.28 bits per heavy atom. The van der Waals surface area contributed by atoms with Crippen LogP contribution < -0.4 is 0 Å². The summed E-state index contributed by atoms with van der Waals surface area (Å²) in [5.41, 5.74) is 0. The molecule has 5 nitrogen and oxygen atoms in total. The largest absolute Gasteiger partial charge is 0.244 e. The van der Waals surface area contributed by atoms with Gasteiger partial charge in [-0.2, -0.15) is 4.31 Å². The van der Waals surface area contributed by atoms with E-state index in [4.69, 9.17) is 0 Å². The maximum Gasteiger partial charge on any atom is 0.244 e. The zero-order chi connectivity index (χ0) is 18.1. The van der Waals surface area contributed by atoms with Crippen molar-refractivity contribution in [2.75, 3.05) is 12.3 Å². The molecule has 0 aromatic heterocycles. The van der Waals surface area contributed by atoms with E-state index >= 15 is 0 Å². The Labute approximate surface area is 156 Å². The molecule has 0 N–H and O–H groups in total. The fraction of sp³-hybridized carbons (Fsp3) is 0.294. The summed E-state index contributed by atoms with van der Waals surface area (Å²) in [6, 6.07) is 14.2.